The SMILES string of the molecule is Cc1cn2c(C3CCN(C(=O)OC(C)(C)C)CC3)cc(-c3ccc(F)cc3C(=O)N(CC(F)F)C(C)C)c2cn1. The number of halogens is 3. The Morgan fingerprint density at radius 3 is 2.40 bits per heavy atom. The Labute approximate surface area is 232 Å². The summed E-state index contributed by atoms with van der Waals surface area (Å²) in [6.45, 7) is 11.0. The summed E-state index contributed by atoms with van der Waals surface area (Å²) in [6, 6.07) is 5.37. The number of likely N-dealkylation sites (tertiary alicyclic amines) is 1. The van der Waals surface area contributed by atoms with Crippen LogP contribution in [0.5, 0.6) is 0 Å². The average molecular weight is 559 g/mol. The lowest BCUT2D eigenvalue weighted by molar-refractivity contribution is 0.0203. The third-order valence-corrected chi connectivity index (χ3v) is 7.10. The molecule has 0 radical (unpaired) electrons. The highest BCUT2D eigenvalue weighted by Gasteiger charge is 2.31. The minimum Gasteiger partial charge on any atom is -0.444 e. The number of hydrogen-bond acceptors (Lipinski definition) is 4. The maximum Gasteiger partial charge on any atom is 0.410 e. The Morgan fingerprint density at radius 1 is 1.12 bits per heavy atom. The number of ether oxygens (including phenoxy) is 1. The van der Waals surface area contributed by atoms with Crippen molar-refractivity contribution >= 4 is 17.5 Å². The zero-order valence-electron chi connectivity index (χ0n) is 23.9. The van der Waals surface area contributed by atoms with Gasteiger partial charge in [-0.3, -0.25) is 9.78 Å². The molecule has 2 amide bonds. The van der Waals surface area contributed by atoms with Gasteiger partial charge in [-0.2, -0.15) is 0 Å². The van der Waals surface area contributed by atoms with Crippen molar-refractivity contribution in [2.45, 2.75) is 78.4 Å². The summed E-state index contributed by atoms with van der Waals surface area (Å²) in [6.07, 6.45) is 1.98. The third kappa shape index (κ3) is 6.42. The van der Waals surface area contributed by atoms with Gasteiger partial charge < -0.3 is 18.9 Å². The van der Waals surface area contributed by atoms with E-state index < -0.39 is 36.3 Å². The second-order valence-corrected chi connectivity index (χ2v) is 11.6. The number of piperidine rings is 1. The van der Waals surface area contributed by atoms with Crippen LogP contribution in [0.25, 0.3) is 16.6 Å². The molecule has 0 N–H and O–H groups in total. The van der Waals surface area contributed by atoms with Gasteiger partial charge in [-0.15, -0.1) is 0 Å². The molecule has 3 aromatic rings. The zero-order chi connectivity index (χ0) is 29.4. The van der Waals surface area contributed by atoms with E-state index in [-0.39, 0.29) is 17.6 Å². The van der Waals surface area contributed by atoms with Crippen LogP contribution in [0.3, 0.4) is 0 Å². The van der Waals surface area contributed by atoms with Crippen molar-refractivity contribution < 1.29 is 27.5 Å². The van der Waals surface area contributed by atoms with E-state index >= 15 is 0 Å². The lowest BCUT2D eigenvalue weighted by Gasteiger charge is -2.33. The maximum atomic E-state index is 14.4. The fraction of sp³-hybridized carbons (Fsp3) is 0.500. The van der Waals surface area contributed by atoms with Gasteiger partial charge in [-0.05, 0) is 78.1 Å². The van der Waals surface area contributed by atoms with Crippen LogP contribution in [0.1, 0.15) is 75.1 Å². The standard InChI is InChI=1S/C30H37F3N4O3/c1-18(2)36(17-27(32)33)28(38)24-13-21(31)7-8-22(24)23-14-25(37-16-19(3)34-15-26(23)37)20-9-11-35(12-10-20)29(39)40-30(4,5)6/h7-8,13-16,18,20,27H,9-12,17H2,1-6H3. The molecule has 1 aromatic carbocycles. The molecule has 216 valence electrons. The van der Waals surface area contributed by atoms with Crippen LogP contribution in [-0.2, 0) is 4.74 Å². The Morgan fingerprint density at radius 2 is 1.80 bits per heavy atom. The number of carbonyl (C=O) groups is 2. The molecule has 0 unspecified atom stereocenters. The van der Waals surface area contributed by atoms with Crippen LogP contribution in [0.4, 0.5) is 18.0 Å². The predicted octanol–water partition coefficient (Wildman–Crippen LogP) is 6.68. The molecule has 3 heterocycles. The van der Waals surface area contributed by atoms with Crippen LogP contribution in [0, 0.1) is 12.7 Å². The first-order valence-electron chi connectivity index (χ1n) is 13.6. The second-order valence-electron chi connectivity index (χ2n) is 11.6. The van der Waals surface area contributed by atoms with Crippen LogP contribution in [0.2, 0.25) is 0 Å². The summed E-state index contributed by atoms with van der Waals surface area (Å²) in [7, 11) is 0. The van der Waals surface area contributed by atoms with Gasteiger partial charge in [0.05, 0.1) is 29.5 Å². The van der Waals surface area contributed by atoms with Crippen LogP contribution in [0.15, 0.2) is 36.7 Å². The molecule has 2 aromatic heterocycles. The summed E-state index contributed by atoms with van der Waals surface area (Å²) >= 11 is 0. The van der Waals surface area contributed by atoms with Crippen molar-refractivity contribution in [3.05, 3.63) is 59.4 Å². The number of amides is 2. The average Bonchev–Trinajstić information content (AvgIpc) is 3.24. The van der Waals surface area contributed by atoms with E-state index in [1.165, 1.54) is 12.1 Å². The van der Waals surface area contributed by atoms with Crippen molar-refractivity contribution in [2.24, 2.45) is 0 Å². The topological polar surface area (TPSA) is 67.2 Å². The normalized spacial score (nSPS) is 14.8. The first-order chi connectivity index (χ1) is 18.7. The van der Waals surface area contributed by atoms with Gasteiger partial charge in [0.2, 0.25) is 0 Å². The number of rotatable bonds is 6. The number of alkyl halides is 2. The molecule has 1 saturated heterocycles. The third-order valence-electron chi connectivity index (χ3n) is 7.10. The highest BCUT2D eigenvalue weighted by atomic mass is 19.3. The molecule has 1 fully saturated rings. The number of fused-ring (bicyclic) bond motifs is 1. The number of hydrogen-bond donors (Lipinski definition) is 0. The molecule has 40 heavy (non-hydrogen) atoms. The minimum atomic E-state index is -2.72. The summed E-state index contributed by atoms with van der Waals surface area (Å²) in [5, 5.41) is 0. The van der Waals surface area contributed by atoms with E-state index in [1.54, 1.807) is 24.9 Å². The highest BCUT2D eigenvalue weighted by Crippen LogP contribution is 2.37. The van der Waals surface area contributed by atoms with Gasteiger partial charge in [-0.25, -0.2) is 18.0 Å². The van der Waals surface area contributed by atoms with Crippen molar-refractivity contribution in [1.29, 1.82) is 0 Å². The highest BCUT2D eigenvalue weighted by molar-refractivity contribution is 6.03. The van der Waals surface area contributed by atoms with Crippen molar-refractivity contribution in [2.75, 3.05) is 19.6 Å². The van der Waals surface area contributed by atoms with Gasteiger partial charge in [0, 0.05) is 42.5 Å². The van der Waals surface area contributed by atoms with E-state index in [2.05, 4.69) is 4.98 Å². The number of aryl methyl sites for hydroxylation is 1. The molecule has 0 bridgehead atoms. The van der Waals surface area contributed by atoms with E-state index in [0.717, 1.165) is 27.9 Å². The van der Waals surface area contributed by atoms with Crippen molar-refractivity contribution in [1.82, 2.24) is 19.2 Å². The molecule has 1 aliphatic rings. The van der Waals surface area contributed by atoms with E-state index in [9.17, 15) is 22.8 Å². The quantitative estimate of drug-likeness (QED) is 0.339. The van der Waals surface area contributed by atoms with Crippen LogP contribution >= 0.6 is 0 Å². The Kier molecular flexibility index (Phi) is 8.46. The number of carbonyl (C=O) groups excluding carboxylic acids is 2. The van der Waals surface area contributed by atoms with Crippen molar-refractivity contribution in [3.63, 3.8) is 0 Å². The lowest BCUT2D eigenvalue weighted by Crippen LogP contribution is -2.41. The predicted molar refractivity (Wildman–Crippen MR) is 147 cm³/mol. The summed E-state index contributed by atoms with van der Waals surface area (Å²) in [5.74, 6) is -1.18. The summed E-state index contributed by atoms with van der Waals surface area (Å²) < 4.78 is 48.7. The molecular weight excluding hydrogens is 521 g/mol. The molecule has 1 aliphatic heterocycles. The van der Waals surface area contributed by atoms with E-state index in [1.807, 2.05) is 44.4 Å². The van der Waals surface area contributed by atoms with E-state index in [4.69, 9.17) is 4.74 Å². The monoisotopic (exact) mass is 558 g/mol. The van der Waals surface area contributed by atoms with Gasteiger partial charge in [-0.1, -0.05) is 6.07 Å². The maximum absolute atomic E-state index is 14.4. The smallest absolute Gasteiger partial charge is 0.410 e. The summed E-state index contributed by atoms with van der Waals surface area (Å²) in [4.78, 5) is 33.3. The zero-order valence-corrected chi connectivity index (χ0v) is 23.9. The van der Waals surface area contributed by atoms with E-state index in [0.29, 0.717) is 37.1 Å². The molecule has 0 atom stereocenters. The molecular formula is C30H37F3N4O3. The fourth-order valence-electron chi connectivity index (χ4n) is 5.19. The lowest BCUT2D eigenvalue weighted by atomic mass is 9.92. The molecule has 4 rings (SSSR count). The Hall–Kier alpha value is -3.56. The number of nitrogens with zero attached hydrogens (tertiary/aromatic N) is 4. The fourth-order valence-corrected chi connectivity index (χ4v) is 5.19. The Balaban J connectivity index is 1.73. The molecule has 7 nitrogen and oxygen atoms in total. The Bertz CT molecular complexity index is 1390. The first kappa shape index (κ1) is 29.4. The number of benzene rings is 1. The number of aromatic nitrogens is 2. The molecule has 0 spiro atoms. The molecule has 10 heteroatoms. The van der Waals surface area contributed by atoms with Crippen molar-refractivity contribution in [3.8, 4) is 11.1 Å². The van der Waals surface area contributed by atoms with Gasteiger partial charge >= 0.3 is 6.09 Å². The van der Waals surface area contributed by atoms with Crippen LogP contribution < -0.4 is 0 Å². The minimum absolute atomic E-state index is 0.0220. The summed E-state index contributed by atoms with van der Waals surface area (Å²) in [5.41, 5.74) is 3.06. The molecule has 0 aliphatic carbocycles. The second kappa shape index (κ2) is 11.5. The van der Waals surface area contributed by atoms with Gasteiger partial charge in [0.1, 0.15) is 11.4 Å². The largest absolute Gasteiger partial charge is 0.444 e. The van der Waals surface area contributed by atoms with Gasteiger partial charge in [0.15, 0.2) is 0 Å². The van der Waals surface area contributed by atoms with Gasteiger partial charge in [0.25, 0.3) is 12.3 Å². The first-order valence-corrected chi connectivity index (χ1v) is 13.6. The molecule has 0 saturated carbocycles. The van der Waals surface area contributed by atoms with Crippen LogP contribution in [-0.4, -0.2) is 68.9 Å².